The molecule has 3 rings (SSSR count). The number of aromatic nitrogens is 1. The van der Waals surface area contributed by atoms with Crippen molar-refractivity contribution in [1.82, 2.24) is 4.98 Å². The van der Waals surface area contributed by atoms with Crippen LogP contribution >= 0.6 is 11.3 Å². The highest BCUT2D eigenvalue weighted by Gasteiger charge is 2.33. The Morgan fingerprint density at radius 1 is 1.18 bits per heavy atom. The highest BCUT2D eigenvalue weighted by atomic mass is 32.1. The third-order valence-corrected chi connectivity index (χ3v) is 5.11. The third kappa shape index (κ3) is 4.45. The van der Waals surface area contributed by atoms with E-state index in [2.05, 4.69) is 4.98 Å². The zero-order valence-corrected chi connectivity index (χ0v) is 16.8. The number of hydrogen-bond acceptors (Lipinski definition) is 7. The molecule has 0 N–H and O–H groups in total. The summed E-state index contributed by atoms with van der Waals surface area (Å²) in [5, 5.41) is 11.4. The van der Waals surface area contributed by atoms with Crippen molar-refractivity contribution in [2.45, 2.75) is 33.8 Å². The van der Waals surface area contributed by atoms with Gasteiger partial charge in [0.1, 0.15) is 10.8 Å². The van der Waals surface area contributed by atoms with Gasteiger partial charge in [0.25, 0.3) is 5.69 Å². The fourth-order valence-corrected chi connectivity index (χ4v) is 3.84. The van der Waals surface area contributed by atoms with Crippen molar-refractivity contribution in [2.75, 3.05) is 0 Å². The SMILES string of the molecule is Cc1ccc2sc([C@@H](OC(=O)Oc3ccc([N+](=O)[O-])cc3)C(C)(C)C)nc2c1. The molecule has 1 atom stereocenters. The molecule has 1 heterocycles. The second-order valence-corrected chi connectivity index (χ2v) is 8.55. The van der Waals surface area contributed by atoms with Gasteiger partial charge in [0.05, 0.1) is 15.1 Å². The number of fused-ring (bicyclic) bond motifs is 1. The Hall–Kier alpha value is -3.00. The van der Waals surface area contributed by atoms with Crippen LogP contribution in [0.25, 0.3) is 10.2 Å². The second kappa shape index (κ2) is 7.55. The van der Waals surface area contributed by atoms with Gasteiger partial charge in [-0.1, -0.05) is 26.8 Å². The van der Waals surface area contributed by atoms with E-state index in [1.54, 1.807) is 0 Å². The summed E-state index contributed by atoms with van der Waals surface area (Å²) in [4.78, 5) is 27.2. The number of nitro groups is 1. The summed E-state index contributed by atoms with van der Waals surface area (Å²) in [6, 6.07) is 11.2. The van der Waals surface area contributed by atoms with Gasteiger partial charge >= 0.3 is 6.16 Å². The lowest BCUT2D eigenvalue weighted by Crippen LogP contribution is -2.25. The standard InChI is InChI=1S/C20H20N2O5S/c1-12-5-10-16-15(11-12)21-18(28-16)17(20(2,3)4)27-19(23)26-14-8-6-13(7-9-14)22(24)25/h5-11,17H,1-4H3/t17-/m1/s1. The van der Waals surface area contributed by atoms with Crippen molar-refractivity contribution < 1.29 is 19.2 Å². The summed E-state index contributed by atoms with van der Waals surface area (Å²) in [6.07, 6.45) is -1.49. The molecule has 7 nitrogen and oxygen atoms in total. The molecular weight excluding hydrogens is 380 g/mol. The monoisotopic (exact) mass is 400 g/mol. The quantitative estimate of drug-likeness (QED) is 0.237. The van der Waals surface area contributed by atoms with E-state index in [9.17, 15) is 14.9 Å². The summed E-state index contributed by atoms with van der Waals surface area (Å²) < 4.78 is 11.8. The molecule has 0 unspecified atom stereocenters. The number of nitrogens with zero attached hydrogens (tertiary/aromatic N) is 2. The highest BCUT2D eigenvalue weighted by molar-refractivity contribution is 7.18. The molecule has 28 heavy (non-hydrogen) atoms. The van der Waals surface area contributed by atoms with Crippen molar-refractivity contribution in [1.29, 1.82) is 0 Å². The lowest BCUT2D eigenvalue weighted by Gasteiger charge is -2.28. The van der Waals surface area contributed by atoms with E-state index in [1.807, 2.05) is 45.9 Å². The second-order valence-electron chi connectivity index (χ2n) is 7.49. The summed E-state index contributed by atoms with van der Waals surface area (Å²) >= 11 is 1.48. The van der Waals surface area contributed by atoms with Crippen LogP contribution in [0, 0.1) is 22.5 Å². The van der Waals surface area contributed by atoms with Crippen molar-refractivity contribution in [3.8, 4) is 5.75 Å². The van der Waals surface area contributed by atoms with Crippen LogP contribution in [0.15, 0.2) is 42.5 Å². The normalized spacial score (nSPS) is 12.6. The largest absolute Gasteiger partial charge is 0.514 e. The van der Waals surface area contributed by atoms with Crippen LogP contribution in [0.5, 0.6) is 5.75 Å². The van der Waals surface area contributed by atoms with E-state index in [4.69, 9.17) is 9.47 Å². The van der Waals surface area contributed by atoms with Crippen molar-refractivity contribution in [3.05, 3.63) is 63.1 Å². The molecule has 0 radical (unpaired) electrons. The molecule has 1 aromatic heterocycles. The van der Waals surface area contributed by atoms with Crippen LogP contribution in [-0.4, -0.2) is 16.1 Å². The van der Waals surface area contributed by atoms with Crippen molar-refractivity contribution in [3.63, 3.8) is 0 Å². The first-order valence-corrected chi connectivity index (χ1v) is 9.45. The predicted molar refractivity (Wildman–Crippen MR) is 107 cm³/mol. The van der Waals surface area contributed by atoms with Crippen LogP contribution in [0.1, 0.15) is 37.4 Å². The molecule has 0 spiro atoms. The average molecular weight is 400 g/mol. The summed E-state index contributed by atoms with van der Waals surface area (Å²) in [7, 11) is 0. The Balaban J connectivity index is 1.80. The number of nitro benzene ring substituents is 1. The van der Waals surface area contributed by atoms with Gasteiger partial charge in [0.15, 0.2) is 6.10 Å². The summed E-state index contributed by atoms with van der Waals surface area (Å²) in [5.41, 5.74) is 1.48. The molecule has 0 bridgehead atoms. The van der Waals surface area contributed by atoms with E-state index < -0.39 is 22.6 Å². The maximum atomic E-state index is 12.3. The van der Waals surface area contributed by atoms with Gasteiger partial charge in [-0.05, 0) is 36.8 Å². The van der Waals surface area contributed by atoms with Gasteiger partial charge in [0.2, 0.25) is 0 Å². The molecule has 0 saturated carbocycles. The minimum absolute atomic E-state index is 0.0851. The number of benzene rings is 2. The molecule has 0 saturated heterocycles. The van der Waals surface area contributed by atoms with E-state index >= 15 is 0 Å². The van der Waals surface area contributed by atoms with Crippen molar-refractivity contribution in [2.24, 2.45) is 5.41 Å². The highest BCUT2D eigenvalue weighted by Crippen LogP contribution is 2.40. The maximum Gasteiger partial charge on any atom is 0.514 e. The van der Waals surface area contributed by atoms with Gasteiger partial charge in [-0.2, -0.15) is 0 Å². The molecule has 0 aliphatic heterocycles. The van der Waals surface area contributed by atoms with E-state index in [-0.39, 0.29) is 11.4 Å². The molecule has 0 amide bonds. The van der Waals surface area contributed by atoms with Crippen LogP contribution in [-0.2, 0) is 4.74 Å². The fraction of sp³-hybridized carbons (Fsp3) is 0.300. The average Bonchev–Trinajstić information content (AvgIpc) is 3.01. The van der Waals surface area contributed by atoms with Gasteiger partial charge in [-0.25, -0.2) is 9.78 Å². The Bertz CT molecular complexity index is 1020. The number of hydrogen-bond donors (Lipinski definition) is 0. The number of aryl methyl sites for hydroxylation is 1. The minimum atomic E-state index is -0.885. The zero-order chi connectivity index (χ0) is 20.5. The van der Waals surface area contributed by atoms with Gasteiger partial charge in [0, 0.05) is 17.5 Å². The van der Waals surface area contributed by atoms with Gasteiger partial charge in [-0.15, -0.1) is 11.3 Å². The molecular formula is C20H20N2O5S. The molecule has 3 aromatic rings. The maximum absolute atomic E-state index is 12.3. The first kappa shape index (κ1) is 19.8. The summed E-state index contributed by atoms with van der Waals surface area (Å²) in [5.74, 6) is 0.170. The van der Waals surface area contributed by atoms with Gasteiger partial charge in [-0.3, -0.25) is 10.1 Å². The number of carbonyl (C=O) groups is 1. The Kier molecular flexibility index (Phi) is 5.33. The van der Waals surface area contributed by atoms with E-state index in [1.165, 1.54) is 35.6 Å². The number of ether oxygens (including phenoxy) is 2. The first-order chi connectivity index (χ1) is 13.1. The van der Waals surface area contributed by atoms with Crippen molar-refractivity contribution >= 4 is 33.4 Å². The lowest BCUT2D eigenvalue weighted by atomic mass is 9.89. The number of rotatable bonds is 4. The molecule has 2 aromatic carbocycles. The Morgan fingerprint density at radius 2 is 1.86 bits per heavy atom. The molecule has 146 valence electrons. The molecule has 0 fully saturated rings. The van der Waals surface area contributed by atoms with Crippen LogP contribution in [0.2, 0.25) is 0 Å². The lowest BCUT2D eigenvalue weighted by molar-refractivity contribution is -0.384. The Morgan fingerprint density at radius 3 is 2.46 bits per heavy atom. The minimum Gasteiger partial charge on any atom is -0.423 e. The molecule has 8 heteroatoms. The molecule has 0 aliphatic rings. The van der Waals surface area contributed by atoms with Gasteiger partial charge < -0.3 is 9.47 Å². The smallest absolute Gasteiger partial charge is 0.423 e. The molecule has 0 aliphatic carbocycles. The van der Waals surface area contributed by atoms with Crippen LogP contribution in [0.4, 0.5) is 10.5 Å². The zero-order valence-electron chi connectivity index (χ0n) is 16.0. The predicted octanol–water partition coefficient (Wildman–Crippen LogP) is 5.82. The topological polar surface area (TPSA) is 91.6 Å². The summed E-state index contributed by atoms with van der Waals surface area (Å²) in [6.45, 7) is 7.86. The van der Waals surface area contributed by atoms with E-state index in [0.717, 1.165) is 15.8 Å². The van der Waals surface area contributed by atoms with E-state index in [0.29, 0.717) is 5.01 Å². The third-order valence-electron chi connectivity index (χ3n) is 4.03. The Labute approximate surface area is 166 Å². The number of carbonyl (C=O) groups excluding carboxylic acids is 1. The number of non-ortho nitro benzene ring substituents is 1. The van der Waals surface area contributed by atoms with Crippen LogP contribution < -0.4 is 4.74 Å². The first-order valence-electron chi connectivity index (χ1n) is 8.63. The number of thiazole rings is 1. The van der Waals surface area contributed by atoms with Crippen LogP contribution in [0.3, 0.4) is 0 Å². The fourth-order valence-electron chi connectivity index (χ4n) is 2.62.